The summed E-state index contributed by atoms with van der Waals surface area (Å²) < 4.78 is 0. The molecule has 2 aromatic rings. The van der Waals surface area contributed by atoms with E-state index < -0.39 is 0 Å². The van der Waals surface area contributed by atoms with Gasteiger partial charge in [0.2, 0.25) is 0 Å². The zero-order chi connectivity index (χ0) is 14.5. The van der Waals surface area contributed by atoms with Gasteiger partial charge >= 0.3 is 0 Å². The Morgan fingerprint density at radius 2 is 2.10 bits per heavy atom. The van der Waals surface area contributed by atoms with Crippen LogP contribution in [0.1, 0.15) is 47.2 Å². The lowest BCUT2D eigenvalue weighted by Gasteiger charge is -2.26. The molecule has 1 aromatic carbocycles. The minimum absolute atomic E-state index is 0.246. The van der Waals surface area contributed by atoms with Crippen LogP contribution in [0, 0.1) is 0 Å². The third-order valence-electron chi connectivity index (χ3n) is 4.41. The smallest absolute Gasteiger partial charge is 0.0437 e. The van der Waals surface area contributed by atoms with Gasteiger partial charge in [0.05, 0.1) is 0 Å². The highest BCUT2D eigenvalue weighted by Gasteiger charge is 2.22. The van der Waals surface area contributed by atoms with Crippen molar-refractivity contribution in [2.75, 3.05) is 13.2 Å². The van der Waals surface area contributed by atoms with Crippen molar-refractivity contribution in [3.8, 4) is 0 Å². The van der Waals surface area contributed by atoms with E-state index in [1.54, 1.807) is 4.88 Å². The van der Waals surface area contributed by atoms with Crippen molar-refractivity contribution in [3.63, 3.8) is 0 Å². The van der Waals surface area contributed by atoms with Crippen molar-refractivity contribution >= 4 is 11.3 Å². The Balaban J connectivity index is 1.66. The third kappa shape index (κ3) is 3.54. The first-order chi connectivity index (χ1) is 10.4. The maximum absolute atomic E-state index is 9.33. The van der Waals surface area contributed by atoms with Crippen LogP contribution >= 0.6 is 11.3 Å². The molecule has 0 aliphatic heterocycles. The van der Waals surface area contributed by atoms with Crippen LogP contribution in [0.4, 0.5) is 0 Å². The number of aryl methyl sites for hydroxylation is 1. The fraction of sp³-hybridized carbons (Fsp3) is 0.444. The molecule has 1 aliphatic rings. The van der Waals surface area contributed by atoms with Crippen molar-refractivity contribution in [2.45, 2.75) is 37.6 Å². The molecule has 1 aromatic heterocycles. The molecule has 0 saturated heterocycles. The molecule has 3 rings (SSSR count). The van der Waals surface area contributed by atoms with Crippen molar-refractivity contribution in [1.29, 1.82) is 0 Å². The summed E-state index contributed by atoms with van der Waals surface area (Å²) in [6.45, 7) is 1.18. The third-order valence-corrected chi connectivity index (χ3v) is 5.41. The summed E-state index contributed by atoms with van der Waals surface area (Å²) in [5.74, 6) is 0.389. The molecule has 2 unspecified atom stereocenters. The number of hydrogen-bond donors (Lipinski definition) is 2. The molecule has 0 fully saturated rings. The Kier molecular flexibility index (Phi) is 5.07. The molecule has 2 N–H and O–H groups in total. The molecular formula is C18H23NOS. The number of fused-ring (bicyclic) bond motifs is 1. The number of nitrogens with one attached hydrogen (secondary N) is 1. The Morgan fingerprint density at radius 1 is 1.24 bits per heavy atom. The summed E-state index contributed by atoms with van der Waals surface area (Å²) in [7, 11) is 0. The average Bonchev–Trinajstić information content (AvgIpc) is 3.01. The maximum Gasteiger partial charge on any atom is 0.0437 e. The molecule has 0 radical (unpaired) electrons. The quantitative estimate of drug-likeness (QED) is 0.848. The molecule has 112 valence electrons. The second-order valence-corrected chi connectivity index (χ2v) is 6.77. The Bertz CT molecular complexity index is 551. The molecule has 0 bridgehead atoms. The molecule has 2 nitrogen and oxygen atoms in total. The van der Waals surface area contributed by atoms with Gasteiger partial charge in [-0.05, 0) is 54.2 Å². The molecule has 0 spiro atoms. The number of hydrogen-bond acceptors (Lipinski definition) is 3. The Labute approximate surface area is 130 Å². The van der Waals surface area contributed by atoms with Crippen molar-refractivity contribution in [3.05, 3.63) is 57.8 Å². The van der Waals surface area contributed by atoms with Crippen LogP contribution in [0.25, 0.3) is 0 Å². The number of benzene rings is 1. The van der Waals surface area contributed by atoms with Gasteiger partial charge in [0, 0.05) is 24.1 Å². The fourth-order valence-corrected chi connectivity index (χ4v) is 4.24. The minimum Gasteiger partial charge on any atom is -0.396 e. The second-order valence-electron chi connectivity index (χ2n) is 5.77. The van der Waals surface area contributed by atoms with Crippen molar-refractivity contribution < 1.29 is 5.11 Å². The van der Waals surface area contributed by atoms with Gasteiger partial charge in [-0.25, -0.2) is 0 Å². The first-order valence-corrected chi connectivity index (χ1v) is 8.72. The lowest BCUT2D eigenvalue weighted by atomic mass is 9.92. The van der Waals surface area contributed by atoms with E-state index in [0.29, 0.717) is 12.0 Å². The van der Waals surface area contributed by atoms with E-state index >= 15 is 0 Å². The normalized spacial score (nSPS) is 19.2. The van der Waals surface area contributed by atoms with E-state index in [4.69, 9.17) is 0 Å². The van der Waals surface area contributed by atoms with Crippen LogP contribution in [-0.2, 0) is 6.42 Å². The Morgan fingerprint density at radius 3 is 2.90 bits per heavy atom. The van der Waals surface area contributed by atoms with E-state index in [1.165, 1.54) is 30.4 Å². The second kappa shape index (κ2) is 7.21. The van der Waals surface area contributed by atoms with Gasteiger partial charge in [-0.3, -0.25) is 0 Å². The van der Waals surface area contributed by atoms with Crippen molar-refractivity contribution in [2.24, 2.45) is 0 Å². The topological polar surface area (TPSA) is 32.3 Å². The fourth-order valence-electron chi connectivity index (χ4n) is 3.25. The van der Waals surface area contributed by atoms with Crippen LogP contribution in [0.5, 0.6) is 0 Å². The van der Waals surface area contributed by atoms with Gasteiger partial charge in [-0.15, -0.1) is 11.3 Å². The lowest BCUT2D eigenvalue weighted by Crippen LogP contribution is -2.29. The molecule has 0 amide bonds. The predicted octanol–water partition coefficient (Wildman–Crippen LogP) is 3.88. The highest BCUT2D eigenvalue weighted by atomic mass is 32.1. The van der Waals surface area contributed by atoms with Gasteiger partial charge in [-0.2, -0.15) is 0 Å². The highest BCUT2D eigenvalue weighted by Crippen LogP contribution is 2.33. The van der Waals surface area contributed by atoms with Gasteiger partial charge in [0.25, 0.3) is 0 Å². The summed E-state index contributed by atoms with van der Waals surface area (Å²) in [6, 6.07) is 13.3. The lowest BCUT2D eigenvalue weighted by molar-refractivity contribution is 0.271. The zero-order valence-electron chi connectivity index (χ0n) is 12.3. The predicted molar refractivity (Wildman–Crippen MR) is 88.9 cm³/mol. The monoisotopic (exact) mass is 301 g/mol. The molecule has 0 saturated carbocycles. The summed E-state index contributed by atoms with van der Waals surface area (Å²) in [5.41, 5.74) is 2.82. The van der Waals surface area contributed by atoms with Gasteiger partial charge in [0.15, 0.2) is 0 Å². The number of thiophene rings is 1. The standard InChI is InChI=1S/C18H23NOS/c20-11-9-15(14-5-2-1-3-6-14)13-19-17-7-4-8-18-16(17)10-12-21-18/h1-3,5-6,10,12,15,17,19-20H,4,7-9,11,13H2. The largest absolute Gasteiger partial charge is 0.396 e. The molecule has 3 heteroatoms. The van der Waals surface area contributed by atoms with Crippen LogP contribution in [0.3, 0.4) is 0 Å². The van der Waals surface area contributed by atoms with Crippen LogP contribution < -0.4 is 5.32 Å². The molecular weight excluding hydrogens is 278 g/mol. The number of rotatable bonds is 6. The maximum atomic E-state index is 9.33. The van der Waals surface area contributed by atoms with Gasteiger partial charge < -0.3 is 10.4 Å². The number of aliphatic hydroxyl groups is 1. The molecule has 2 atom stereocenters. The molecule has 1 heterocycles. The first kappa shape index (κ1) is 14.8. The SMILES string of the molecule is OCCC(CNC1CCCc2sccc21)c1ccccc1. The summed E-state index contributed by atoms with van der Waals surface area (Å²) >= 11 is 1.89. The molecule has 1 aliphatic carbocycles. The number of aliphatic hydroxyl groups excluding tert-OH is 1. The van der Waals surface area contributed by atoms with Gasteiger partial charge in [0.1, 0.15) is 0 Å². The summed E-state index contributed by atoms with van der Waals surface area (Å²) in [4.78, 5) is 1.55. The van der Waals surface area contributed by atoms with Crippen molar-refractivity contribution in [1.82, 2.24) is 5.32 Å². The molecule has 21 heavy (non-hydrogen) atoms. The van der Waals surface area contributed by atoms with E-state index in [1.807, 2.05) is 17.4 Å². The highest BCUT2D eigenvalue weighted by molar-refractivity contribution is 7.10. The van der Waals surface area contributed by atoms with Crippen LogP contribution in [-0.4, -0.2) is 18.3 Å². The van der Waals surface area contributed by atoms with E-state index in [-0.39, 0.29) is 6.61 Å². The van der Waals surface area contributed by atoms with E-state index in [0.717, 1.165) is 13.0 Å². The van der Waals surface area contributed by atoms with Crippen LogP contribution in [0.2, 0.25) is 0 Å². The van der Waals surface area contributed by atoms with Crippen LogP contribution in [0.15, 0.2) is 41.8 Å². The van der Waals surface area contributed by atoms with E-state index in [2.05, 4.69) is 41.0 Å². The first-order valence-electron chi connectivity index (χ1n) is 7.84. The van der Waals surface area contributed by atoms with E-state index in [9.17, 15) is 5.11 Å². The summed E-state index contributed by atoms with van der Waals surface area (Å²) in [5, 5.41) is 15.3. The Hall–Kier alpha value is -1.16. The van der Waals surface area contributed by atoms with Gasteiger partial charge in [-0.1, -0.05) is 30.3 Å². The average molecular weight is 301 g/mol. The zero-order valence-corrected chi connectivity index (χ0v) is 13.1. The minimum atomic E-state index is 0.246. The summed E-state index contributed by atoms with van der Waals surface area (Å²) in [6.07, 6.45) is 4.57.